The van der Waals surface area contributed by atoms with Gasteiger partial charge in [0.2, 0.25) is 0 Å². The summed E-state index contributed by atoms with van der Waals surface area (Å²) in [5.41, 5.74) is 1.45. The van der Waals surface area contributed by atoms with Crippen LogP contribution in [-0.2, 0) is 0 Å². The maximum absolute atomic E-state index is 3.41. The van der Waals surface area contributed by atoms with Crippen LogP contribution >= 0.6 is 11.3 Å². The maximum atomic E-state index is 3.41. The van der Waals surface area contributed by atoms with E-state index < -0.39 is 0 Å². The van der Waals surface area contributed by atoms with Crippen LogP contribution in [0.3, 0.4) is 0 Å². The van der Waals surface area contributed by atoms with Gasteiger partial charge < -0.3 is 5.32 Å². The molecule has 0 bridgehead atoms. The van der Waals surface area contributed by atoms with Crippen LogP contribution in [0.2, 0.25) is 0 Å². The Morgan fingerprint density at radius 3 is 2.50 bits per heavy atom. The zero-order chi connectivity index (χ0) is 10.4. The summed E-state index contributed by atoms with van der Waals surface area (Å²) in [6.07, 6.45) is 3.85. The SMILES string of the molecule is CCC(CC)CC(NC)c1ccsc1. The molecule has 1 N–H and O–H groups in total. The first-order valence-corrected chi connectivity index (χ1v) is 6.45. The highest BCUT2D eigenvalue weighted by molar-refractivity contribution is 7.07. The zero-order valence-electron chi connectivity index (χ0n) is 9.42. The summed E-state index contributed by atoms with van der Waals surface area (Å²) in [7, 11) is 2.06. The van der Waals surface area contributed by atoms with Gasteiger partial charge >= 0.3 is 0 Å². The summed E-state index contributed by atoms with van der Waals surface area (Å²) < 4.78 is 0. The molecule has 0 saturated carbocycles. The molecule has 1 nitrogen and oxygen atoms in total. The molecular formula is C12H21NS. The summed E-state index contributed by atoms with van der Waals surface area (Å²) in [5, 5.41) is 7.82. The minimum Gasteiger partial charge on any atom is -0.313 e. The maximum Gasteiger partial charge on any atom is 0.0328 e. The van der Waals surface area contributed by atoms with Crippen LogP contribution in [0.4, 0.5) is 0 Å². The first-order chi connectivity index (χ1) is 6.81. The van der Waals surface area contributed by atoms with Crippen LogP contribution < -0.4 is 5.32 Å². The van der Waals surface area contributed by atoms with Crippen LogP contribution in [-0.4, -0.2) is 7.05 Å². The molecule has 0 aliphatic carbocycles. The minimum atomic E-state index is 0.547. The van der Waals surface area contributed by atoms with Gasteiger partial charge in [0.05, 0.1) is 0 Å². The number of thiophene rings is 1. The highest BCUT2D eigenvalue weighted by Crippen LogP contribution is 2.26. The van der Waals surface area contributed by atoms with Gasteiger partial charge in [0.1, 0.15) is 0 Å². The largest absolute Gasteiger partial charge is 0.313 e. The molecule has 0 saturated heterocycles. The number of hydrogen-bond acceptors (Lipinski definition) is 2. The van der Waals surface area contributed by atoms with Gasteiger partial charge in [-0.2, -0.15) is 11.3 Å². The Morgan fingerprint density at radius 1 is 1.36 bits per heavy atom. The normalized spacial score (nSPS) is 13.4. The molecule has 0 radical (unpaired) electrons. The van der Waals surface area contributed by atoms with Gasteiger partial charge in [-0.1, -0.05) is 26.7 Å². The van der Waals surface area contributed by atoms with Gasteiger partial charge in [0, 0.05) is 6.04 Å². The van der Waals surface area contributed by atoms with Crippen molar-refractivity contribution >= 4 is 11.3 Å². The Balaban J connectivity index is 2.55. The van der Waals surface area contributed by atoms with Crippen molar-refractivity contribution in [1.29, 1.82) is 0 Å². The van der Waals surface area contributed by atoms with E-state index in [9.17, 15) is 0 Å². The Kier molecular flexibility index (Phi) is 5.20. The third-order valence-corrected chi connectivity index (χ3v) is 3.72. The summed E-state index contributed by atoms with van der Waals surface area (Å²) in [5.74, 6) is 0.854. The Hall–Kier alpha value is -0.340. The van der Waals surface area contributed by atoms with Crippen molar-refractivity contribution in [1.82, 2.24) is 5.32 Å². The van der Waals surface area contributed by atoms with Gasteiger partial charge in [-0.05, 0) is 41.8 Å². The van der Waals surface area contributed by atoms with Gasteiger partial charge in [-0.25, -0.2) is 0 Å². The number of hydrogen-bond donors (Lipinski definition) is 1. The molecule has 2 heteroatoms. The van der Waals surface area contributed by atoms with E-state index in [1.165, 1.54) is 24.8 Å². The topological polar surface area (TPSA) is 12.0 Å². The Labute approximate surface area is 91.5 Å². The Bertz CT molecular complexity index is 226. The molecule has 1 heterocycles. The molecular weight excluding hydrogens is 190 g/mol. The quantitative estimate of drug-likeness (QED) is 0.754. The van der Waals surface area contributed by atoms with Gasteiger partial charge in [-0.3, -0.25) is 0 Å². The van der Waals surface area contributed by atoms with Crippen LogP contribution in [0, 0.1) is 5.92 Å². The summed E-state index contributed by atoms with van der Waals surface area (Å²) in [6, 6.07) is 2.78. The summed E-state index contributed by atoms with van der Waals surface area (Å²) >= 11 is 1.79. The van der Waals surface area contributed by atoms with Crippen molar-refractivity contribution < 1.29 is 0 Å². The molecule has 1 unspecified atom stereocenters. The Morgan fingerprint density at radius 2 is 2.07 bits per heavy atom. The lowest BCUT2D eigenvalue weighted by atomic mass is 9.92. The third kappa shape index (κ3) is 3.10. The van der Waals surface area contributed by atoms with Crippen molar-refractivity contribution in [3.63, 3.8) is 0 Å². The summed E-state index contributed by atoms with van der Waals surface area (Å²) in [6.45, 7) is 4.57. The molecule has 0 aliphatic rings. The monoisotopic (exact) mass is 211 g/mol. The predicted octanol–water partition coefficient (Wildman–Crippen LogP) is 3.83. The molecule has 0 aliphatic heterocycles. The highest BCUT2D eigenvalue weighted by Gasteiger charge is 2.14. The fraction of sp³-hybridized carbons (Fsp3) is 0.667. The van der Waals surface area contributed by atoms with E-state index in [2.05, 4.69) is 43.0 Å². The molecule has 0 amide bonds. The molecule has 1 rings (SSSR count). The lowest BCUT2D eigenvalue weighted by Gasteiger charge is -2.20. The second-order valence-corrected chi connectivity index (χ2v) is 4.60. The average molecular weight is 211 g/mol. The van der Waals surface area contributed by atoms with Crippen LogP contribution in [0.1, 0.15) is 44.7 Å². The molecule has 80 valence electrons. The third-order valence-electron chi connectivity index (χ3n) is 3.02. The minimum absolute atomic E-state index is 0.547. The van der Waals surface area contributed by atoms with E-state index in [4.69, 9.17) is 0 Å². The van der Waals surface area contributed by atoms with Crippen molar-refractivity contribution in [3.8, 4) is 0 Å². The fourth-order valence-electron chi connectivity index (χ4n) is 1.85. The van der Waals surface area contributed by atoms with E-state index in [0.29, 0.717) is 6.04 Å². The highest BCUT2D eigenvalue weighted by atomic mass is 32.1. The first kappa shape index (κ1) is 11.7. The van der Waals surface area contributed by atoms with Crippen molar-refractivity contribution in [2.75, 3.05) is 7.05 Å². The molecule has 0 aromatic carbocycles. The van der Waals surface area contributed by atoms with E-state index in [0.717, 1.165) is 5.92 Å². The fourth-order valence-corrected chi connectivity index (χ4v) is 2.56. The molecule has 0 fully saturated rings. The zero-order valence-corrected chi connectivity index (χ0v) is 10.2. The lowest BCUT2D eigenvalue weighted by molar-refractivity contribution is 0.386. The molecule has 1 aromatic heterocycles. The van der Waals surface area contributed by atoms with Crippen molar-refractivity contribution in [2.45, 2.75) is 39.2 Å². The van der Waals surface area contributed by atoms with Crippen LogP contribution in [0.25, 0.3) is 0 Å². The van der Waals surface area contributed by atoms with E-state index in [1.54, 1.807) is 11.3 Å². The van der Waals surface area contributed by atoms with E-state index in [1.807, 2.05) is 0 Å². The number of nitrogens with one attached hydrogen (secondary N) is 1. The first-order valence-electron chi connectivity index (χ1n) is 5.51. The molecule has 0 spiro atoms. The second kappa shape index (κ2) is 6.20. The molecule has 1 aromatic rings. The van der Waals surface area contributed by atoms with Gasteiger partial charge in [0.25, 0.3) is 0 Å². The van der Waals surface area contributed by atoms with Gasteiger partial charge in [-0.15, -0.1) is 0 Å². The van der Waals surface area contributed by atoms with Gasteiger partial charge in [0.15, 0.2) is 0 Å². The van der Waals surface area contributed by atoms with E-state index in [-0.39, 0.29) is 0 Å². The molecule has 1 atom stereocenters. The number of rotatable bonds is 6. The smallest absolute Gasteiger partial charge is 0.0328 e. The van der Waals surface area contributed by atoms with E-state index >= 15 is 0 Å². The summed E-state index contributed by atoms with van der Waals surface area (Å²) in [4.78, 5) is 0. The predicted molar refractivity (Wildman–Crippen MR) is 64.8 cm³/mol. The average Bonchev–Trinajstić information content (AvgIpc) is 2.73. The lowest BCUT2D eigenvalue weighted by Crippen LogP contribution is -2.19. The molecule has 14 heavy (non-hydrogen) atoms. The van der Waals surface area contributed by atoms with Crippen molar-refractivity contribution in [2.24, 2.45) is 5.92 Å². The second-order valence-electron chi connectivity index (χ2n) is 3.82. The van der Waals surface area contributed by atoms with Crippen molar-refractivity contribution in [3.05, 3.63) is 22.4 Å². The van der Waals surface area contributed by atoms with Crippen LogP contribution in [0.15, 0.2) is 16.8 Å². The van der Waals surface area contributed by atoms with Crippen LogP contribution in [0.5, 0.6) is 0 Å². The standard InChI is InChI=1S/C12H21NS/c1-4-10(5-2)8-12(13-3)11-6-7-14-9-11/h6-7,9-10,12-13H,4-5,8H2,1-3H3.